The Morgan fingerprint density at radius 3 is 1.14 bits per heavy atom. The van der Waals surface area contributed by atoms with E-state index in [-0.39, 0.29) is 0 Å². The van der Waals surface area contributed by atoms with Crippen molar-refractivity contribution in [2.75, 3.05) is 28.2 Å². The molecule has 0 saturated heterocycles. The van der Waals surface area contributed by atoms with Gasteiger partial charge in [0.2, 0.25) is 0 Å². The lowest BCUT2D eigenvalue weighted by molar-refractivity contribution is -0.250. The van der Waals surface area contributed by atoms with Crippen LogP contribution in [0.3, 0.4) is 0 Å². The summed E-state index contributed by atoms with van der Waals surface area (Å²) in [5.41, 5.74) is -4.65. The molecule has 0 N–H and O–H groups in total. The van der Waals surface area contributed by atoms with Crippen molar-refractivity contribution in [3.63, 3.8) is 0 Å². The maximum atomic E-state index is 12.9. The first-order valence-corrected chi connectivity index (χ1v) is 5.08. The van der Waals surface area contributed by atoms with Crippen molar-refractivity contribution in [2.24, 2.45) is 0 Å². The Kier molecular flexibility index (Phi) is 4.05. The Morgan fingerprint density at radius 2 is 1.07 bits per heavy atom. The predicted octanol–water partition coefficient (Wildman–Crippen LogP) is 1.33. The Hall–Kier alpha value is -0.213. The van der Waals surface area contributed by atoms with Crippen LogP contribution in [0.4, 0.5) is 22.0 Å². The monoisotopic (exact) mass is 235 g/mol. The lowest BCUT2D eigenvalue weighted by Gasteiger charge is -2.34. The molecule has 14 heavy (non-hydrogen) atoms. The van der Waals surface area contributed by atoms with Gasteiger partial charge in [0.25, 0.3) is 0 Å². The molecule has 0 aromatic carbocycles. The van der Waals surface area contributed by atoms with Crippen LogP contribution < -0.4 is 0 Å². The molecule has 0 heterocycles. The average Bonchev–Trinajstić information content (AvgIpc) is 1.79. The molecule has 0 aromatic rings. The van der Waals surface area contributed by atoms with Crippen molar-refractivity contribution in [1.29, 1.82) is 0 Å². The Balaban J connectivity index is 5.01. The molecule has 0 aromatic heterocycles. The highest BCUT2D eigenvalue weighted by Crippen LogP contribution is 2.38. The van der Waals surface area contributed by atoms with Crippen molar-refractivity contribution >= 4 is 9.12 Å². The third-order valence-electron chi connectivity index (χ3n) is 1.48. The van der Waals surface area contributed by atoms with Gasteiger partial charge in [-0.2, -0.15) is 22.0 Å². The largest absolute Gasteiger partial charge is 0.452 e. The third-order valence-corrected chi connectivity index (χ3v) is 4.02. The summed E-state index contributed by atoms with van der Waals surface area (Å²) in [5.74, 6) is 0. The molecule has 0 rings (SSSR count). The highest BCUT2D eigenvalue weighted by atomic mass is 28.3. The third kappa shape index (κ3) is 2.64. The summed E-state index contributed by atoms with van der Waals surface area (Å²) in [5, 5.41) is 0. The lowest BCUT2D eigenvalue weighted by atomic mass is 10.7. The van der Waals surface area contributed by atoms with Gasteiger partial charge in [0.05, 0.1) is 0 Å². The second kappa shape index (κ2) is 4.11. The predicted molar refractivity (Wildman–Crippen MR) is 44.1 cm³/mol. The van der Waals surface area contributed by atoms with Gasteiger partial charge in [0, 0.05) is 0 Å². The van der Waals surface area contributed by atoms with E-state index in [2.05, 4.69) is 0 Å². The highest BCUT2D eigenvalue weighted by Gasteiger charge is 2.65. The summed E-state index contributed by atoms with van der Waals surface area (Å²) in [7, 11) is 1.76. The number of alkyl halides is 5. The molecule has 0 atom stereocenters. The fourth-order valence-corrected chi connectivity index (χ4v) is 3.27. The van der Waals surface area contributed by atoms with Crippen molar-refractivity contribution < 1.29 is 22.0 Å². The normalized spacial score (nSPS) is 14.6. The van der Waals surface area contributed by atoms with Crippen LogP contribution >= 0.6 is 0 Å². The van der Waals surface area contributed by atoms with Gasteiger partial charge in [-0.15, -0.1) is 0 Å². The van der Waals surface area contributed by atoms with Crippen LogP contribution in [-0.4, -0.2) is 58.2 Å². The van der Waals surface area contributed by atoms with Crippen LogP contribution in [0.25, 0.3) is 0 Å². The zero-order valence-electron chi connectivity index (χ0n) is 8.28. The topological polar surface area (TPSA) is 6.48 Å². The summed E-state index contributed by atoms with van der Waals surface area (Å²) in [6.07, 6.45) is -5.49. The van der Waals surface area contributed by atoms with E-state index in [1.807, 2.05) is 0 Å². The Labute approximate surface area is 81.0 Å². The zero-order valence-corrected chi connectivity index (χ0v) is 9.28. The standard InChI is InChI=1S/C6H12F5N2Si/c1-12(2)14(13(3)4)6(10,11)5(7,8)9/h1-4H3. The van der Waals surface area contributed by atoms with Gasteiger partial charge in [0.15, 0.2) is 0 Å². The first-order valence-electron chi connectivity index (χ1n) is 3.68. The van der Waals surface area contributed by atoms with Crippen molar-refractivity contribution in [3.05, 3.63) is 0 Å². The molecule has 8 heteroatoms. The number of nitrogens with zero attached hydrogens (tertiary/aromatic N) is 2. The number of halogens is 5. The minimum Gasteiger partial charge on any atom is -0.313 e. The first-order chi connectivity index (χ1) is 6.01. The second-order valence-corrected chi connectivity index (χ2v) is 6.25. The van der Waals surface area contributed by atoms with E-state index in [4.69, 9.17) is 0 Å². The molecular weight excluding hydrogens is 223 g/mol. The quantitative estimate of drug-likeness (QED) is 0.538. The van der Waals surface area contributed by atoms with Gasteiger partial charge >= 0.3 is 20.8 Å². The highest BCUT2D eigenvalue weighted by molar-refractivity contribution is 6.55. The number of rotatable bonds is 3. The van der Waals surface area contributed by atoms with Gasteiger partial charge in [-0.1, -0.05) is 0 Å². The minimum absolute atomic E-state index is 0.929. The molecule has 0 amide bonds. The molecule has 0 aliphatic carbocycles. The number of hydrogen-bond donors (Lipinski definition) is 0. The molecule has 0 fully saturated rings. The summed E-state index contributed by atoms with van der Waals surface area (Å²) in [6, 6.07) is 0. The van der Waals surface area contributed by atoms with Crippen molar-refractivity contribution in [1.82, 2.24) is 9.13 Å². The lowest BCUT2D eigenvalue weighted by Crippen LogP contribution is -2.64. The zero-order chi connectivity index (χ0) is 11.7. The fourth-order valence-electron chi connectivity index (χ4n) is 1.09. The molecule has 1 radical (unpaired) electrons. The summed E-state index contributed by atoms with van der Waals surface area (Å²) >= 11 is 0. The molecule has 0 aliphatic rings. The van der Waals surface area contributed by atoms with Gasteiger partial charge in [-0.05, 0) is 28.2 Å². The van der Waals surface area contributed by atoms with Crippen LogP contribution in [0.15, 0.2) is 0 Å². The summed E-state index contributed by atoms with van der Waals surface area (Å²) in [4.78, 5) is 0. The van der Waals surface area contributed by atoms with Gasteiger partial charge in [-0.25, -0.2) is 0 Å². The van der Waals surface area contributed by atoms with Gasteiger partial charge in [0.1, 0.15) is 0 Å². The van der Waals surface area contributed by atoms with Crippen LogP contribution in [0.2, 0.25) is 0 Å². The molecule has 0 bridgehead atoms. The van der Waals surface area contributed by atoms with Crippen molar-refractivity contribution in [3.8, 4) is 0 Å². The molecule has 0 aliphatic heterocycles. The van der Waals surface area contributed by atoms with Crippen LogP contribution in [0.1, 0.15) is 0 Å². The molecule has 2 nitrogen and oxygen atoms in total. The van der Waals surface area contributed by atoms with E-state index in [1.54, 1.807) is 0 Å². The van der Waals surface area contributed by atoms with Crippen LogP contribution in [-0.2, 0) is 0 Å². The van der Waals surface area contributed by atoms with Crippen molar-refractivity contribution in [2.45, 2.75) is 11.7 Å². The van der Waals surface area contributed by atoms with E-state index in [0.717, 1.165) is 9.13 Å². The van der Waals surface area contributed by atoms with E-state index in [1.165, 1.54) is 28.2 Å². The van der Waals surface area contributed by atoms with Crippen LogP contribution in [0, 0.1) is 0 Å². The van der Waals surface area contributed by atoms with Gasteiger partial charge < -0.3 is 9.13 Å². The minimum atomic E-state index is -5.49. The molecular formula is C6H12F5N2Si. The fraction of sp³-hybridized carbons (Fsp3) is 1.00. The van der Waals surface area contributed by atoms with E-state index < -0.39 is 20.8 Å². The molecule has 0 saturated carbocycles. The Bertz CT molecular complexity index is 183. The average molecular weight is 235 g/mol. The summed E-state index contributed by atoms with van der Waals surface area (Å²) < 4.78 is 63.8. The molecule has 0 unspecified atom stereocenters. The van der Waals surface area contributed by atoms with E-state index >= 15 is 0 Å². The SMILES string of the molecule is CN(C)[Si](N(C)C)C(F)(F)C(F)(F)F. The van der Waals surface area contributed by atoms with Gasteiger partial charge in [-0.3, -0.25) is 0 Å². The second-order valence-electron chi connectivity index (χ2n) is 3.18. The maximum Gasteiger partial charge on any atom is 0.452 e. The summed E-state index contributed by atoms with van der Waals surface area (Å²) in [6.45, 7) is 0. The maximum absolute atomic E-state index is 12.9. The Morgan fingerprint density at radius 1 is 0.786 bits per heavy atom. The van der Waals surface area contributed by atoms with Crippen LogP contribution in [0.5, 0.6) is 0 Å². The molecule has 85 valence electrons. The first kappa shape index (κ1) is 13.8. The van der Waals surface area contributed by atoms with E-state index in [0.29, 0.717) is 0 Å². The number of hydrogen-bond acceptors (Lipinski definition) is 2. The molecule has 0 spiro atoms. The van der Waals surface area contributed by atoms with E-state index in [9.17, 15) is 22.0 Å². The smallest absolute Gasteiger partial charge is 0.313 e.